The highest BCUT2D eigenvalue weighted by Gasteiger charge is 2.07. The van der Waals surface area contributed by atoms with E-state index in [1.165, 1.54) is 17.0 Å². The highest BCUT2D eigenvalue weighted by molar-refractivity contribution is 7.11. The maximum absolute atomic E-state index is 13.0. The third-order valence-corrected chi connectivity index (χ3v) is 3.96. The third kappa shape index (κ3) is 4.80. The van der Waals surface area contributed by atoms with Crippen LogP contribution in [0.5, 0.6) is 0 Å². The van der Waals surface area contributed by atoms with Crippen LogP contribution in [0.1, 0.15) is 22.4 Å². The maximum atomic E-state index is 13.0. The number of thiazole rings is 1. The van der Waals surface area contributed by atoms with Crippen molar-refractivity contribution in [1.29, 1.82) is 0 Å². The predicted octanol–water partition coefficient (Wildman–Crippen LogP) is 3.19. The van der Waals surface area contributed by atoms with Crippen molar-refractivity contribution in [2.75, 3.05) is 13.6 Å². The van der Waals surface area contributed by atoms with Gasteiger partial charge in [0.2, 0.25) is 0 Å². The van der Waals surface area contributed by atoms with E-state index >= 15 is 0 Å². The number of hydrogen-bond donors (Lipinski definition) is 1. The molecule has 1 heterocycles. The summed E-state index contributed by atoms with van der Waals surface area (Å²) in [6, 6.07) is 6.54. The Balaban J connectivity index is 2.03. The molecule has 0 fully saturated rings. The zero-order chi connectivity index (χ0) is 15.9. The van der Waals surface area contributed by atoms with Gasteiger partial charge in [-0.25, -0.2) is 14.4 Å². The average molecular weight is 320 g/mol. The first-order valence-electron chi connectivity index (χ1n) is 7.23. The minimum absolute atomic E-state index is 0.217. The van der Waals surface area contributed by atoms with E-state index in [9.17, 15) is 4.39 Å². The largest absolute Gasteiger partial charge is 0.357 e. The lowest BCUT2D eigenvalue weighted by atomic mass is 10.2. The van der Waals surface area contributed by atoms with Crippen LogP contribution >= 0.6 is 11.3 Å². The molecule has 0 aliphatic heterocycles. The van der Waals surface area contributed by atoms with Gasteiger partial charge in [0.15, 0.2) is 5.96 Å². The summed E-state index contributed by atoms with van der Waals surface area (Å²) < 4.78 is 13.0. The Morgan fingerprint density at radius 1 is 1.36 bits per heavy atom. The number of hydrogen-bond acceptors (Lipinski definition) is 3. The minimum Gasteiger partial charge on any atom is -0.357 e. The van der Waals surface area contributed by atoms with Crippen LogP contribution in [0.4, 0.5) is 4.39 Å². The van der Waals surface area contributed by atoms with Crippen LogP contribution in [0, 0.1) is 12.7 Å². The van der Waals surface area contributed by atoms with Crippen molar-refractivity contribution >= 4 is 17.3 Å². The van der Waals surface area contributed by atoms with Gasteiger partial charge in [0.05, 0.1) is 6.54 Å². The monoisotopic (exact) mass is 320 g/mol. The summed E-state index contributed by atoms with van der Waals surface area (Å²) in [6.45, 7) is 6.10. The SMILES string of the molecule is CCNC(=NCc1ncc(C)s1)N(C)Cc1ccc(F)cc1. The fourth-order valence-electron chi connectivity index (χ4n) is 2.03. The van der Waals surface area contributed by atoms with Crippen LogP contribution in [0.25, 0.3) is 0 Å². The molecule has 0 bridgehead atoms. The summed E-state index contributed by atoms with van der Waals surface area (Å²) in [5, 5.41) is 4.27. The summed E-state index contributed by atoms with van der Waals surface area (Å²) in [6.07, 6.45) is 1.87. The molecule has 1 aromatic carbocycles. The van der Waals surface area contributed by atoms with Gasteiger partial charge >= 0.3 is 0 Å². The lowest BCUT2D eigenvalue weighted by molar-refractivity contribution is 0.476. The molecule has 1 N–H and O–H groups in total. The quantitative estimate of drug-likeness (QED) is 0.679. The first-order valence-corrected chi connectivity index (χ1v) is 8.05. The number of nitrogens with one attached hydrogen (secondary N) is 1. The van der Waals surface area contributed by atoms with E-state index in [4.69, 9.17) is 0 Å². The van der Waals surface area contributed by atoms with Gasteiger partial charge in [0.25, 0.3) is 0 Å². The normalized spacial score (nSPS) is 11.5. The van der Waals surface area contributed by atoms with Gasteiger partial charge in [0, 0.05) is 31.2 Å². The van der Waals surface area contributed by atoms with E-state index in [2.05, 4.69) is 15.3 Å². The molecule has 0 amide bonds. The first kappa shape index (κ1) is 16.4. The molecule has 0 saturated heterocycles. The molecule has 0 radical (unpaired) electrons. The molecular formula is C16H21FN4S. The smallest absolute Gasteiger partial charge is 0.194 e. The highest BCUT2D eigenvalue weighted by atomic mass is 32.1. The van der Waals surface area contributed by atoms with Crippen LogP contribution < -0.4 is 5.32 Å². The van der Waals surface area contributed by atoms with E-state index in [0.717, 1.165) is 23.1 Å². The Hall–Kier alpha value is -1.95. The fourth-order valence-corrected chi connectivity index (χ4v) is 2.74. The Morgan fingerprint density at radius 2 is 2.09 bits per heavy atom. The lowest BCUT2D eigenvalue weighted by Gasteiger charge is -2.22. The van der Waals surface area contributed by atoms with Crippen LogP contribution in [0.15, 0.2) is 35.5 Å². The van der Waals surface area contributed by atoms with Crippen molar-refractivity contribution in [1.82, 2.24) is 15.2 Å². The lowest BCUT2D eigenvalue weighted by Crippen LogP contribution is -2.38. The van der Waals surface area contributed by atoms with Gasteiger partial charge in [-0.3, -0.25) is 0 Å². The molecule has 1 aromatic heterocycles. The van der Waals surface area contributed by atoms with Crippen LogP contribution in [-0.4, -0.2) is 29.4 Å². The predicted molar refractivity (Wildman–Crippen MR) is 89.5 cm³/mol. The van der Waals surface area contributed by atoms with E-state index in [-0.39, 0.29) is 5.82 Å². The van der Waals surface area contributed by atoms with Crippen molar-refractivity contribution in [3.63, 3.8) is 0 Å². The first-order chi connectivity index (χ1) is 10.6. The summed E-state index contributed by atoms with van der Waals surface area (Å²) in [4.78, 5) is 12.2. The molecule has 4 nitrogen and oxygen atoms in total. The van der Waals surface area contributed by atoms with Crippen LogP contribution in [-0.2, 0) is 13.1 Å². The van der Waals surface area contributed by atoms with Gasteiger partial charge in [-0.1, -0.05) is 12.1 Å². The second-order valence-electron chi connectivity index (χ2n) is 5.02. The van der Waals surface area contributed by atoms with Crippen molar-refractivity contribution in [3.8, 4) is 0 Å². The molecule has 0 saturated carbocycles. The number of nitrogens with zero attached hydrogens (tertiary/aromatic N) is 3. The number of aromatic nitrogens is 1. The van der Waals surface area contributed by atoms with E-state index in [1.54, 1.807) is 23.5 Å². The number of aryl methyl sites for hydroxylation is 1. The van der Waals surface area contributed by atoms with Gasteiger partial charge < -0.3 is 10.2 Å². The molecule has 118 valence electrons. The van der Waals surface area contributed by atoms with Gasteiger partial charge in [0.1, 0.15) is 10.8 Å². The van der Waals surface area contributed by atoms with Crippen LogP contribution in [0.3, 0.4) is 0 Å². The van der Waals surface area contributed by atoms with Gasteiger partial charge in [-0.15, -0.1) is 11.3 Å². The molecule has 2 aromatic rings. The van der Waals surface area contributed by atoms with Crippen molar-refractivity contribution < 1.29 is 4.39 Å². The Labute approximate surface area is 134 Å². The molecule has 0 aliphatic carbocycles. The second kappa shape index (κ2) is 7.89. The fraction of sp³-hybridized carbons (Fsp3) is 0.375. The Bertz CT molecular complexity index is 621. The molecule has 22 heavy (non-hydrogen) atoms. The number of guanidine groups is 1. The average Bonchev–Trinajstić information content (AvgIpc) is 2.91. The molecule has 0 unspecified atom stereocenters. The topological polar surface area (TPSA) is 40.5 Å². The summed E-state index contributed by atoms with van der Waals surface area (Å²) in [5.74, 6) is 0.603. The van der Waals surface area contributed by atoms with Crippen molar-refractivity contribution in [2.45, 2.75) is 26.9 Å². The maximum Gasteiger partial charge on any atom is 0.194 e. The number of benzene rings is 1. The highest BCUT2D eigenvalue weighted by Crippen LogP contribution is 2.12. The zero-order valence-corrected chi connectivity index (χ0v) is 14.0. The van der Waals surface area contributed by atoms with E-state index in [0.29, 0.717) is 13.1 Å². The standard InChI is InChI=1S/C16H21FN4S/c1-4-18-16(20-10-15-19-9-12(2)22-15)21(3)11-13-5-7-14(17)8-6-13/h5-9H,4,10-11H2,1-3H3,(H,18,20). The molecule has 2 rings (SSSR count). The van der Waals surface area contributed by atoms with Gasteiger partial charge in [-0.2, -0.15) is 0 Å². The van der Waals surface area contributed by atoms with E-state index < -0.39 is 0 Å². The Kier molecular flexibility index (Phi) is 5.89. The summed E-state index contributed by atoms with van der Waals surface area (Å²) in [5.41, 5.74) is 1.04. The Morgan fingerprint density at radius 3 is 2.68 bits per heavy atom. The van der Waals surface area contributed by atoms with Crippen molar-refractivity contribution in [3.05, 3.63) is 51.7 Å². The van der Waals surface area contributed by atoms with Gasteiger partial charge in [-0.05, 0) is 31.5 Å². The van der Waals surface area contributed by atoms with Crippen molar-refractivity contribution in [2.24, 2.45) is 4.99 Å². The molecule has 0 spiro atoms. The summed E-state index contributed by atoms with van der Waals surface area (Å²) in [7, 11) is 1.97. The molecular weight excluding hydrogens is 299 g/mol. The molecule has 0 atom stereocenters. The number of aliphatic imine (C=N–C) groups is 1. The zero-order valence-electron chi connectivity index (χ0n) is 13.1. The minimum atomic E-state index is -0.217. The number of rotatable bonds is 5. The number of halogens is 1. The second-order valence-corrected chi connectivity index (χ2v) is 6.34. The van der Waals surface area contributed by atoms with E-state index in [1.807, 2.05) is 32.0 Å². The molecule has 6 heteroatoms. The third-order valence-electron chi connectivity index (χ3n) is 3.06. The van der Waals surface area contributed by atoms with Crippen LogP contribution in [0.2, 0.25) is 0 Å². The molecule has 0 aliphatic rings. The summed E-state index contributed by atoms with van der Waals surface area (Å²) >= 11 is 1.66.